The first-order valence-electron chi connectivity index (χ1n) is 5.78. The summed E-state index contributed by atoms with van der Waals surface area (Å²) < 4.78 is 18.8. The lowest BCUT2D eigenvalue weighted by atomic mass is 9.98. The van der Waals surface area contributed by atoms with Crippen molar-refractivity contribution >= 4 is 11.3 Å². The second-order valence-corrected chi connectivity index (χ2v) is 4.28. The van der Waals surface area contributed by atoms with E-state index >= 15 is 0 Å². The number of nitrogen functional groups attached to an aromatic ring is 1. The molecule has 2 aromatic rings. The summed E-state index contributed by atoms with van der Waals surface area (Å²) in [5.41, 5.74) is 9.29. The number of anilines is 1. The zero-order chi connectivity index (χ0) is 14.0. The minimum absolute atomic E-state index is 0.349. The van der Waals surface area contributed by atoms with Gasteiger partial charge in [-0.05, 0) is 36.3 Å². The van der Waals surface area contributed by atoms with Gasteiger partial charge in [0.15, 0.2) is 0 Å². The molecule has 2 rings (SSSR count). The van der Waals surface area contributed by atoms with Gasteiger partial charge < -0.3 is 10.5 Å². The molecule has 0 atom stereocenters. The Morgan fingerprint density at radius 2 is 2.11 bits per heavy atom. The highest BCUT2D eigenvalue weighted by atomic mass is 19.1. The fourth-order valence-corrected chi connectivity index (χ4v) is 1.90. The van der Waals surface area contributed by atoms with Crippen molar-refractivity contribution in [2.24, 2.45) is 0 Å². The number of hydrogen-bond donors (Lipinski definition) is 1. The molecule has 1 heterocycles. The van der Waals surface area contributed by atoms with E-state index < -0.39 is 0 Å². The van der Waals surface area contributed by atoms with Crippen LogP contribution in [-0.2, 0) is 0 Å². The normalized spacial score (nSPS) is 10.3. The van der Waals surface area contributed by atoms with E-state index in [1.807, 2.05) is 0 Å². The third-order valence-corrected chi connectivity index (χ3v) is 2.86. The highest BCUT2D eigenvalue weighted by Crippen LogP contribution is 2.33. The van der Waals surface area contributed by atoms with E-state index in [9.17, 15) is 4.39 Å². The van der Waals surface area contributed by atoms with Crippen LogP contribution >= 0.6 is 0 Å². The Kier molecular flexibility index (Phi) is 3.51. The average molecular weight is 258 g/mol. The van der Waals surface area contributed by atoms with Crippen molar-refractivity contribution < 1.29 is 9.13 Å². The molecule has 0 unspecified atom stereocenters. The number of pyridine rings is 1. The first-order valence-corrected chi connectivity index (χ1v) is 5.78. The largest absolute Gasteiger partial charge is 0.481 e. The summed E-state index contributed by atoms with van der Waals surface area (Å²) in [4.78, 5) is 4.02. The highest BCUT2D eigenvalue weighted by molar-refractivity contribution is 5.86. The van der Waals surface area contributed by atoms with E-state index in [0.717, 1.165) is 11.1 Å². The minimum atomic E-state index is -0.349. The Labute approximate surface area is 111 Å². The van der Waals surface area contributed by atoms with Gasteiger partial charge in [0.05, 0.1) is 7.11 Å². The standard InChI is InChI=1S/C15H15FN2O/c1-9(2)12-7-11(16)8-13(15(12)17)10-4-5-18-14(6-10)19-3/h4-8H,1,17H2,2-3H3. The van der Waals surface area contributed by atoms with Crippen LogP contribution in [0.15, 0.2) is 37.0 Å². The molecule has 0 aliphatic rings. The molecule has 0 radical (unpaired) electrons. The molecule has 1 aromatic carbocycles. The van der Waals surface area contributed by atoms with Crippen molar-refractivity contribution in [1.82, 2.24) is 4.98 Å². The molecule has 1 aromatic heterocycles. The van der Waals surface area contributed by atoms with Crippen molar-refractivity contribution in [3.8, 4) is 17.0 Å². The molecule has 98 valence electrons. The van der Waals surface area contributed by atoms with Crippen molar-refractivity contribution in [3.63, 3.8) is 0 Å². The second-order valence-electron chi connectivity index (χ2n) is 4.28. The molecule has 3 nitrogen and oxygen atoms in total. The van der Waals surface area contributed by atoms with Gasteiger partial charge in [0.1, 0.15) is 5.82 Å². The monoisotopic (exact) mass is 258 g/mol. The van der Waals surface area contributed by atoms with Crippen LogP contribution < -0.4 is 10.5 Å². The summed E-state index contributed by atoms with van der Waals surface area (Å²) >= 11 is 0. The first-order chi connectivity index (χ1) is 9.02. The number of allylic oxidation sites excluding steroid dienone is 1. The number of ether oxygens (including phenoxy) is 1. The number of methoxy groups -OCH3 is 1. The molecule has 0 fully saturated rings. The van der Waals surface area contributed by atoms with Crippen LogP contribution in [0.4, 0.5) is 10.1 Å². The molecule has 0 spiro atoms. The van der Waals surface area contributed by atoms with Crippen LogP contribution in [0.3, 0.4) is 0 Å². The van der Waals surface area contributed by atoms with Gasteiger partial charge in [-0.3, -0.25) is 0 Å². The number of halogens is 1. The van der Waals surface area contributed by atoms with E-state index in [4.69, 9.17) is 10.5 Å². The smallest absolute Gasteiger partial charge is 0.213 e. The lowest BCUT2D eigenvalue weighted by Crippen LogP contribution is -1.98. The third kappa shape index (κ3) is 2.57. The third-order valence-electron chi connectivity index (χ3n) is 2.86. The second kappa shape index (κ2) is 5.10. The van der Waals surface area contributed by atoms with Crippen LogP contribution in [0.1, 0.15) is 12.5 Å². The fraction of sp³-hybridized carbons (Fsp3) is 0.133. The molecule has 4 heteroatoms. The summed E-state index contributed by atoms with van der Waals surface area (Å²) in [6.45, 7) is 5.61. The molecule has 0 aliphatic heterocycles. The Hall–Kier alpha value is -2.36. The quantitative estimate of drug-likeness (QED) is 0.857. The van der Waals surface area contributed by atoms with E-state index in [1.54, 1.807) is 25.3 Å². The van der Waals surface area contributed by atoms with Gasteiger partial charge >= 0.3 is 0 Å². The predicted molar refractivity (Wildman–Crippen MR) is 75.3 cm³/mol. The maximum atomic E-state index is 13.7. The van der Waals surface area contributed by atoms with Crippen LogP contribution in [0, 0.1) is 5.82 Å². The summed E-state index contributed by atoms with van der Waals surface area (Å²) in [7, 11) is 1.53. The first kappa shape index (κ1) is 13.1. The molecule has 19 heavy (non-hydrogen) atoms. The zero-order valence-corrected chi connectivity index (χ0v) is 10.9. The van der Waals surface area contributed by atoms with Crippen LogP contribution in [0.25, 0.3) is 16.7 Å². The van der Waals surface area contributed by atoms with Crippen LogP contribution in [0.5, 0.6) is 5.88 Å². The summed E-state index contributed by atoms with van der Waals surface area (Å²) in [6, 6.07) is 6.26. The van der Waals surface area contributed by atoms with Crippen molar-refractivity contribution in [3.05, 3.63) is 48.4 Å². The minimum Gasteiger partial charge on any atom is -0.481 e. The molecule has 0 amide bonds. The van der Waals surface area contributed by atoms with Gasteiger partial charge in [0, 0.05) is 29.1 Å². The Morgan fingerprint density at radius 3 is 2.74 bits per heavy atom. The highest BCUT2D eigenvalue weighted by Gasteiger charge is 2.11. The topological polar surface area (TPSA) is 48.1 Å². The SMILES string of the molecule is C=C(C)c1cc(F)cc(-c2ccnc(OC)c2)c1N. The maximum Gasteiger partial charge on any atom is 0.213 e. The van der Waals surface area contributed by atoms with Crippen molar-refractivity contribution in [2.75, 3.05) is 12.8 Å². The van der Waals surface area contributed by atoms with Gasteiger partial charge in [0.2, 0.25) is 5.88 Å². The molecule has 0 aliphatic carbocycles. The summed E-state index contributed by atoms with van der Waals surface area (Å²) in [5, 5.41) is 0. The van der Waals surface area contributed by atoms with Crippen LogP contribution in [-0.4, -0.2) is 12.1 Å². The lowest BCUT2D eigenvalue weighted by molar-refractivity contribution is 0.398. The molecule has 2 N–H and O–H groups in total. The maximum absolute atomic E-state index is 13.7. The van der Waals surface area contributed by atoms with Gasteiger partial charge in [-0.25, -0.2) is 9.37 Å². The number of nitrogens with zero attached hydrogens (tertiary/aromatic N) is 1. The molecular formula is C15H15FN2O. The number of benzene rings is 1. The van der Waals surface area contributed by atoms with Gasteiger partial charge in [-0.2, -0.15) is 0 Å². The van der Waals surface area contributed by atoms with E-state index in [0.29, 0.717) is 22.7 Å². The van der Waals surface area contributed by atoms with Gasteiger partial charge in [-0.15, -0.1) is 0 Å². The number of rotatable bonds is 3. The van der Waals surface area contributed by atoms with Gasteiger partial charge in [0.25, 0.3) is 0 Å². The Morgan fingerprint density at radius 1 is 1.37 bits per heavy atom. The Bertz CT molecular complexity index is 638. The van der Waals surface area contributed by atoms with E-state index in [2.05, 4.69) is 11.6 Å². The van der Waals surface area contributed by atoms with E-state index in [1.165, 1.54) is 19.2 Å². The van der Waals surface area contributed by atoms with Gasteiger partial charge in [-0.1, -0.05) is 6.58 Å². The lowest BCUT2D eigenvalue weighted by Gasteiger charge is -2.12. The average Bonchev–Trinajstić information content (AvgIpc) is 2.40. The van der Waals surface area contributed by atoms with Crippen LogP contribution in [0.2, 0.25) is 0 Å². The molecular weight excluding hydrogens is 243 g/mol. The number of hydrogen-bond acceptors (Lipinski definition) is 3. The van der Waals surface area contributed by atoms with E-state index in [-0.39, 0.29) is 5.82 Å². The predicted octanol–water partition coefficient (Wildman–Crippen LogP) is 3.51. The van der Waals surface area contributed by atoms with Crippen molar-refractivity contribution in [1.29, 1.82) is 0 Å². The Balaban J connectivity index is 2.64. The number of nitrogens with two attached hydrogens (primary N) is 1. The molecule has 0 bridgehead atoms. The van der Waals surface area contributed by atoms with Crippen molar-refractivity contribution in [2.45, 2.75) is 6.92 Å². The fourth-order valence-electron chi connectivity index (χ4n) is 1.90. The number of aromatic nitrogens is 1. The molecule has 0 saturated carbocycles. The zero-order valence-electron chi connectivity index (χ0n) is 10.9. The summed E-state index contributed by atoms with van der Waals surface area (Å²) in [6.07, 6.45) is 1.60. The molecule has 0 saturated heterocycles. The summed E-state index contributed by atoms with van der Waals surface area (Å²) in [5.74, 6) is 0.107.